The molecule has 0 radical (unpaired) electrons. The molecule has 1 aliphatic heterocycles. The van der Waals surface area contributed by atoms with Crippen LogP contribution in [0.15, 0.2) is 59.3 Å². The van der Waals surface area contributed by atoms with Crippen molar-refractivity contribution in [3.8, 4) is 11.5 Å². The Morgan fingerprint density at radius 2 is 2.00 bits per heavy atom. The van der Waals surface area contributed by atoms with Crippen LogP contribution < -0.4 is 0 Å². The first-order valence-electron chi connectivity index (χ1n) is 8.38. The Labute approximate surface area is 141 Å². The zero-order chi connectivity index (χ0) is 16.2. The van der Waals surface area contributed by atoms with Gasteiger partial charge in [-0.2, -0.15) is 0 Å². The molecule has 5 nitrogen and oxygen atoms in total. The van der Waals surface area contributed by atoms with E-state index in [0.29, 0.717) is 11.8 Å². The summed E-state index contributed by atoms with van der Waals surface area (Å²) in [5.74, 6) is 1.60. The monoisotopic (exact) mass is 320 g/mol. The largest absolute Gasteiger partial charge is 0.420 e. The zero-order valence-electron chi connectivity index (χ0n) is 13.5. The summed E-state index contributed by atoms with van der Waals surface area (Å²) in [5, 5.41) is 8.48. The van der Waals surface area contributed by atoms with Crippen molar-refractivity contribution in [3.63, 3.8) is 0 Å². The van der Waals surface area contributed by atoms with E-state index in [2.05, 4.69) is 50.4 Å². The van der Waals surface area contributed by atoms with Gasteiger partial charge >= 0.3 is 0 Å². The minimum Gasteiger partial charge on any atom is -0.420 e. The van der Waals surface area contributed by atoms with Crippen LogP contribution in [-0.2, 0) is 6.54 Å². The summed E-state index contributed by atoms with van der Waals surface area (Å²) >= 11 is 0. The molecule has 5 heteroatoms. The van der Waals surface area contributed by atoms with Crippen molar-refractivity contribution in [1.82, 2.24) is 20.1 Å². The molecule has 1 atom stereocenters. The molecular weight excluding hydrogens is 300 g/mol. The van der Waals surface area contributed by atoms with E-state index in [1.54, 1.807) is 12.4 Å². The SMILES string of the molecule is c1ccc(CN2CCC[C@@H](c3nnc(-c4cccnc4)o3)C2)cc1. The van der Waals surface area contributed by atoms with Crippen molar-refractivity contribution in [2.75, 3.05) is 13.1 Å². The Kier molecular flexibility index (Phi) is 4.34. The van der Waals surface area contributed by atoms with Crippen molar-refractivity contribution in [2.24, 2.45) is 0 Å². The van der Waals surface area contributed by atoms with E-state index in [1.165, 1.54) is 5.56 Å². The molecule has 0 amide bonds. The molecule has 0 N–H and O–H groups in total. The highest BCUT2D eigenvalue weighted by atomic mass is 16.4. The Bertz CT molecular complexity index is 772. The second kappa shape index (κ2) is 6.93. The Morgan fingerprint density at radius 3 is 2.83 bits per heavy atom. The van der Waals surface area contributed by atoms with Crippen molar-refractivity contribution in [3.05, 3.63) is 66.3 Å². The lowest BCUT2D eigenvalue weighted by molar-refractivity contribution is 0.186. The Morgan fingerprint density at radius 1 is 1.08 bits per heavy atom. The number of hydrogen-bond acceptors (Lipinski definition) is 5. The second-order valence-electron chi connectivity index (χ2n) is 6.25. The van der Waals surface area contributed by atoms with Crippen LogP contribution in [-0.4, -0.2) is 33.2 Å². The third-order valence-corrected chi connectivity index (χ3v) is 4.45. The molecule has 4 rings (SSSR count). The van der Waals surface area contributed by atoms with E-state index in [-0.39, 0.29) is 0 Å². The molecule has 0 aliphatic carbocycles. The maximum Gasteiger partial charge on any atom is 0.249 e. The van der Waals surface area contributed by atoms with Crippen LogP contribution in [0.1, 0.15) is 30.2 Å². The zero-order valence-corrected chi connectivity index (χ0v) is 13.5. The molecule has 0 bridgehead atoms. The van der Waals surface area contributed by atoms with Crippen LogP contribution in [0.25, 0.3) is 11.5 Å². The maximum absolute atomic E-state index is 5.92. The molecule has 3 aromatic rings. The number of benzene rings is 1. The van der Waals surface area contributed by atoms with Gasteiger partial charge in [0.2, 0.25) is 11.8 Å². The summed E-state index contributed by atoms with van der Waals surface area (Å²) in [4.78, 5) is 6.58. The molecule has 2 aromatic heterocycles. The van der Waals surface area contributed by atoms with E-state index >= 15 is 0 Å². The summed E-state index contributed by atoms with van der Waals surface area (Å²) in [6.45, 7) is 3.06. The molecule has 0 spiro atoms. The van der Waals surface area contributed by atoms with E-state index < -0.39 is 0 Å². The molecule has 0 unspecified atom stereocenters. The molecule has 3 heterocycles. The molecule has 24 heavy (non-hydrogen) atoms. The molecule has 1 fully saturated rings. The van der Waals surface area contributed by atoms with Crippen LogP contribution in [0.5, 0.6) is 0 Å². The topological polar surface area (TPSA) is 55.1 Å². The summed E-state index contributed by atoms with van der Waals surface area (Å²) in [7, 11) is 0. The lowest BCUT2D eigenvalue weighted by Gasteiger charge is -2.31. The molecule has 1 saturated heterocycles. The van der Waals surface area contributed by atoms with Gasteiger partial charge in [0.25, 0.3) is 0 Å². The minimum absolute atomic E-state index is 0.306. The van der Waals surface area contributed by atoms with Crippen LogP contribution in [0.4, 0.5) is 0 Å². The summed E-state index contributed by atoms with van der Waals surface area (Å²) in [6, 6.07) is 14.4. The van der Waals surface area contributed by atoms with Gasteiger partial charge in [0.15, 0.2) is 0 Å². The van der Waals surface area contributed by atoms with Gasteiger partial charge in [-0.05, 0) is 37.1 Å². The molecule has 1 aromatic carbocycles. The van der Waals surface area contributed by atoms with Crippen LogP contribution in [0, 0.1) is 0 Å². The van der Waals surface area contributed by atoms with E-state index in [0.717, 1.165) is 43.9 Å². The van der Waals surface area contributed by atoms with Crippen molar-refractivity contribution in [1.29, 1.82) is 0 Å². The Hall–Kier alpha value is -2.53. The number of nitrogens with zero attached hydrogens (tertiary/aromatic N) is 4. The standard InChI is InChI=1S/C19H20N4O/c1-2-6-15(7-3-1)13-23-11-5-9-17(14-23)19-22-21-18(24-19)16-8-4-10-20-12-16/h1-4,6-8,10,12,17H,5,9,11,13-14H2/t17-/m1/s1. The number of hydrogen-bond donors (Lipinski definition) is 0. The lowest BCUT2D eigenvalue weighted by atomic mass is 9.97. The van der Waals surface area contributed by atoms with Gasteiger partial charge in [0.05, 0.1) is 11.5 Å². The minimum atomic E-state index is 0.306. The average molecular weight is 320 g/mol. The van der Waals surface area contributed by atoms with Crippen LogP contribution in [0.3, 0.4) is 0 Å². The molecule has 0 saturated carbocycles. The summed E-state index contributed by atoms with van der Waals surface area (Å²) < 4.78 is 5.92. The van der Waals surface area contributed by atoms with Crippen molar-refractivity contribution >= 4 is 0 Å². The van der Waals surface area contributed by atoms with Gasteiger partial charge < -0.3 is 4.42 Å². The van der Waals surface area contributed by atoms with E-state index in [9.17, 15) is 0 Å². The van der Waals surface area contributed by atoms with Crippen molar-refractivity contribution < 1.29 is 4.42 Å². The average Bonchev–Trinajstić information content (AvgIpc) is 3.14. The number of rotatable bonds is 4. The van der Waals surface area contributed by atoms with Crippen molar-refractivity contribution in [2.45, 2.75) is 25.3 Å². The molecular formula is C19H20N4O. The fourth-order valence-electron chi connectivity index (χ4n) is 3.25. The fraction of sp³-hybridized carbons (Fsp3) is 0.316. The lowest BCUT2D eigenvalue weighted by Crippen LogP contribution is -2.34. The third kappa shape index (κ3) is 3.36. The first-order valence-corrected chi connectivity index (χ1v) is 8.38. The highest BCUT2D eigenvalue weighted by Gasteiger charge is 2.26. The predicted octanol–water partition coefficient (Wildman–Crippen LogP) is 3.51. The van der Waals surface area contributed by atoms with Crippen LogP contribution >= 0.6 is 0 Å². The number of aromatic nitrogens is 3. The smallest absolute Gasteiger partial charge is 0.249 e. The Balaban J connectivity index is 1.45. The predicted molar refractivity (Wildman–Crippen MR) is 91.2 cm³/mol. The quantitative estimate of drug-likeness (QED) is 0.736. The van der Waals surface area contributed by atoms with Gasteiger partial charge in [-0.15, -0.1) is 10.2 Å². The highest BCUT2D eigenvalue weighted by Crippen LogP contribution is 2.28. The van der Waals surface area contributed by atoms with Gasteiger partial charge in [0.1, 0.15) is 0 Å². The van der Waals surface area contributed by atoms with E-state index in [1.807, 2.05) is 12.1 Å². The highest BCUT2D eigenvalue weighted by molar-refractivity contribution is 5.50. The molecule has 122 valence electrons. The number of likely N-dealkylation sites (tertiary alicyclic amines) is 1. The van der Waals surface area contributed by atoms with Gasteiger partial charge in [-0.25, -0.2) is 0 Å². The normalized spacial score (nSPS) is 18.6. The fourth-order valence-corrected chi connectivity index (χ4v) is 3.25. The molecule has 1 aliphatic rings. The third-order valence-electron chi connectivity index (χ3n) is 4.45. The summed E-state index contributed by atoms with van der Waals surface area (Å²) in [6.07, 6.45) is 5.74. The van der Waals surface area contributed by atoms with Gasteiger partial charge in [0, 0.05) is 25.5 Å². The summed E-state index contributed by atoms with van der Waals surface area (Å²) in [5.41, 5.74) is 2.22. The van der Waals surface area contributed by atoms with E-state index in [4.69, 9.17) is 4.42 Å². The number of piperidine rings is 1. The first-order chi connectivity index (χ1) is 11.9. The van der Waals surface area contributed by atoms with Gasteiger partial charge in [-0.3, -0.25) is 9.88 Å². The van der Waals surface area contributed by atoms with Gasteiger partial charge in [-0.1, -0.05) is 30.3 Å². The second-order valence-corrected chi connectivity index (χ2v) is 6.25. The van der Waals surface area contributed by atoms with Crippen LogP contribution in [0.2, 0.25) is 0 Å². The maximum atomic E-state index is 5.92. The number of pyridine rings is 1. The first kappa shape index (κ1) is 15.0.